The van der Waals surface area contributed by atoms with E-state index in [4.69, 9.17) is 79.4 Å². The summed E-state index contributed by atoms with van der Waals surface area (Å²) in [6, 6.07) is 0. The van der Waals surface area contributed by atoms with Crippen molar-refractivity contribution in [1.82, 2.24) is 0 Å². The zero-order valence-corrected chi connectivity index (χ0v) is 13.5. The maximum absolute atomic E-state index is 10.8. The molecular weight excluding hydrogens is 390 g/mol. The van der Waals surface area contributed by atoms with Gasteiger partial charge in [-0.05, 0) is 67.8 Å². The minimum Gasteiger partial charge on any atom is -0.284 e. The van der Waals surface area contributed by atoms with Crippen LogP contribution in [-0.4, -0.2) is 5.29 Å². The van der Waals surface area contributed by atoms with Crippen LogP contribution in [0.1, 0.15) is 0 Å². The number of amidine groups is 1. The fourth-order valence-corrected chi connectivity index (χ4v) is 3.71. The first-order valence-electron chi connectivity index (χ1n) is 2.82. The van der Waals surface area contributed by atoms with Crippen LogP contribution in [0.25, 0.3) is 0 Å². The molecule has 0 N–H and O–H groups in total. The van der Waals surface area contributed by atoms with Crippen LogP contribution in [-0.2, 0) is 4.57 Å². The van der Waals surface area contributed by atoms with E-state index in [2.05, 4.69) is 9.74 Å². The van der Waals surface area contributed by atoms with Gasteiger partial charge >= 0.3 is 0 Å². The van der Waals surface area contributed by atoms with Crippen molar-refractivity contribution in [2.75, 3.05) is 0 Å². The van der Waals surface area contributed by atoms with Gasteiger partial charge in [0.15, 0.2) is 0 Å². The fraction of sp³-hybridized carbons (Fsp3) is 0. The normalized spacial score (nSPS) is 15.4. The van der Waals surface area contributed by atoms with Crippen LogP contribution >= 0.6 is 90.4 Å². The largest absolute Gasteiger partial charge is 0.284 e. The third-order valence-corrected chi connectivity index (χ3v) is 3.51. The number of hydrogen-bond acceptors (Lipinski definition) is 2. The second-order valence-electron chi connectivity index (χ2n) is 1.85. The van der Waals surface area contributed by atoms with Crippen molar-refractivity contribution in [2.24, 2.45) is 9.74 Å². The van der Waals surface area contributed by atoms with Crippen LogP contribution in [0.4, 0.5) is 0 Å². The molecule has 0 saturated heterocycles. The summed E-state index contributed by atoms with van der Waals surface area (Å²) in [7, 11) is 0. The molecule has 0 aromatic rings. The van der Waals surface area contributed by atoms with Gasteiger partial charge in [-0.15, -0.1) is 0 Å². The molecule has 0 unspecified atom stereocenters. The summed E-state index contributed by atoms with van der Waals surface area (Å²) in [6.45, 7) is 0. The van der Waals surface area contributed by atoms with Gasteiger partial charge in [0.05, 0.1) is 0 Å². The maximum Gasteiger partial charge on any atom is 0.278 e. The van der Waals surface area contributed by atoms with Gasteiger partial charge in [0.1, 0.15) is 5.16 Å². The molecule has 0 aromatic heterocycles. The van der Waals surface area contributed by atoms with Gasteiger partial charge in [-0.1, -0.05) is 11.6 Å². The highest BCUT2D eigenvalue weighted by Gasteiger charge is 2.11. The second kappa shape index (κ2) is 6.73. The lowest BCUT2D eigenvalue weighted by Gasteiger charge is -1.96. The van der Waals surface area contributed by atoms with Gasteiger partial charge in [0.25, 0.3) is 5.85 Å². The topological polar surface area (TPSA) is 41.8 Å². The Labute approximate surface area is 120 Å². The molecule has 0 aliphatic rings. The van der Waals surface area contributed by atoms with Crippen molar-refractivity contribution in [3.8, 4) is 0 Å². The molecule has 0 spiro atoms. The van der Waals surface area contributed by atoms with Crippen LogP contribution in [0.3, 0.4) is 0 Å². The number of halogens is 7. The molecule has 3 nitrogen and oxygen atoms in total. The highest BCUT2D eigenvalue weighted by molar-refractivity contribution is 8.26. The van der Waals surface area contributed by atoms with E-state index in [0.29, 0.717) is 0 Å². The summed E-state index contributed by atoms with van der Waals surface area (Å²) in [6.07, 6.45) is 0. The van der Waals surface area contributed by atoms with Crippen LogP contribution < -0.4 is 0 Å². The average Bonchev–Trinajstić information content (AvgIpc) is 1.73. The maximum atomic E-state index is 10.8. The minimum absolute atomic E-state index is 0.310. The molecule has 0 bridgehead atoms. The van der Waals surface area contributed by atoms with E-state index in [1.807, 2.05) is 0 Å². The molecule has 0 fully saturated rings. The zero-order chi connectivity index (χ0) is 12.3. The highest BCUT2D eigenvalue weighted by atomic mass is 36.0. The van der Waals surface area contributed by atoms with Crippen LogP contribution in [0.5, 0.6) is 0 Å². The SMILES string of the molecule is O=P(Cl)(Cl)/C=C(Cl)/N=C(\Cl)N=P(Cl)(Cl)Cl. The molecule has 88 valence electrons. The molecule has 0 amide bonds. The van der Waals surface area contributed by atoms with E-state index in [1.54, 1.807) is 0 Å². The predicted molar refractivity (Wildman–Crippen MR) is 73.4 cm³/mol. The van der Waals surface area contributed by atoms with Gasteiger partial charge in [-0.25, -0.2) is 4.99 Å². The lowest BCUT2D eigenvalue weighted by Crippen LogP contribution is -1.77. The standard InChI is InChI=1S/C3HCl7N2OP2/c4-2(1-14(6,7)13)11-3(5)12-15(8,9)10/h1H/b2-1+,11-3+. The average molecular weight is 391 g/mol. The summed E-state index contributed by atoms with van der Waals surface area (Å²) < 4.78 is 14.2. The Hall–Kier alpha value is 1.90. The first kappa shape index (κ1) is 16.9. The Bertz CT molecular complexity index is 383. The lowest BCUT2D eigenvalue weighted by molar-refractivity contribution is 0.597. The van der Waals surface area contributed by atoms with E-state index in [9.17, 15) is 4.57 Å². The van der Waals surface area contributed by atoms with Gasteiger partial charge in [0.2, 0.25) is 10.4 Å². The quantitative estimate of drug-likeness (QED) is 0.217. The summed E-state index contributed by atoms with van der Waals surface area (Å²) >= 11 is 37.4. The summed E-state index contributed by atoms with van der Waals surface area (Å²) in [5.41, 5.74) is 0. The number of nitrogens with zero attached hydrogens (tertiary/aromatic N) is 2. The first-order valence-corrected chi connectivity index (χ1v) is 11.6. The monoisotopic (exact) mass is 388 g/mol. The molecule has 12 heteroatoms. The lowest BCUT2D eigenvalue weighted by atomic mass is 11.0. The van der Waals surface area contributed by atoms with Crippen LogP contribution in [0, 0.1) is 0 Å². The number of rotatable bonds is 2. The van der Waals surface area contributed by atoms with E-state index in [0.717, 1.165) is 5.82 Å². The van der Waals surface area contributed by atoms with Crippen molar-refractivity contribution >= 4 is 95.7 Å². The first-order chi connectivity index (χ1) is 6.49. The van der Waals surface area contributed by atoms with E-state index >= 15 is 0 Å². The molecule has 0 atom stereocenters. The minimum atomic E-state index is -3.48. The third kappa shape index (κ3) is 12.2. The smallest absolute Gasteiger partial charge is 0.278 e. The summed E-state index contributed by atoms with van der Waals surface area (Å²) in [4.78, 5) is 3.42. The summed E-state index contributed by atoms with van der Waals surface area (Å²) in [5, 5.41) is -3.73. The van der Waals surface area contributed by atoms with E-state index in [-0.39, 0.29) is 5.16 Å². The molecule has 0 rings (SSSR count). The van der Waals surface area contributed by atoms with Gasteiger partial charge in [-0.3, -0.25) is 4.57 Å². The molecule has 0 aliphatic heterocycles. The number of aliphatic imine (C=N–C) groups is 1. The van der Waals surface area contributed by atoms with Crippen molar-refractivity contribution in [1.29, 1.82) is 0 Å². The van der Waals surface area contributed by atoms with Crippen molar-refractivity contribution in [3.63, 3.8) is 0 Å². The van der Waals surface area contributed by atoms with Crippen molar-refractivity contribution in [2.45, 2.75) is 0 Å². The third-order valence-electron chi connectivity index (χ3n) is 0.652. The Morgan fingerprint density at radius 1 is 1.07 bits per heavy atom. The van der Waals surface area contributed by atoms with Crippen molar-refractivity contribution in [3.05, 3.63) is 11.0 Å². The van der Waals surface area contributed by atoms with E-state index in [1.165, 1.54) is 0 Å². The Kier molecular flexibility index (Phi) is 7.58. The zero-order valence-electron chi connectivity index (χ0n) is 6.42. The van der Waals surface area contributed by atoms with Crippen molar-refractivity contribution < 1.29 is 4.57 Å². The van der Waals surface area contributed by atoms with E-state index < -0.39 is 16.3 Å². The van der Waals surface area contributed by atoms with Gasteiger partial charge < -0.3 is 0 Å². The van der Waals surface area contributed by atoms with Crippen LogP contribution in [0.2, 0.25) is 0 Å². The van der Waals surface area contributed by atoms with Gasteiger partial charge in [-0.2, -0.15) is 4.74 Å². The fourth-order valence-electron chi connectivity index (χ4n) is 0.357. The molecule has 0 radical (unpaired) electrons. The highest BCUT2D eigenvalue weighted by Crippen LogP contribution is 2.65. The Morgan fingerprint density at radius 2 is 1.53 bits per heavy atom. The molecule has 15 heavy (non-hydrogen) atoms. The molecule has 0 aliphatic carbocycles. The molecular formula is C3HCl7N2OP2. The molecule has 0 heterocycles. The van der Waals surface area contributed by atoms with Crippen LogP contribution in [0.15, 0.2) is 20.7 Å². The molecule has 0 aromatic carbocycles. The second-order valence-corrected chi connectivity index (χ2v) is 14.4. The molecule has 0 saturated carbocycles. The number of hydrogen-bond donors (Lipinski definition) is 0. The Balaban J connectivity index is 4.96. The summed E-state index contributed by atoms with van der Waals surface area (Å²) in [5.74, 6) is -2.66. The predicted octanol–water partition coefficient (Wildman–Crippen LogP) is 6.95. The van der Waals surface area contributed by atoms with Gasteiger partial charge in [0, 0.05) is 5.82 Å². The Morgan fingerprint density at radius 3 is 1.87 bits per heavy atom.